The van der Waals surface area contributed by atoms with E-state index in [0.29, 0.717) is 5.82 Å². The van der Waals surface area contributed by atoms with Gasteiger partial charge in [0.25, 0.3) is 0 Å². The van der Waals surface area contributed by atoms with Gasteiger partial charge in [0.05, 0.1) is 5.69 Å². The molecule has 19 heavy (non-hydrogen) atoms. The molecule has 4 nitrogen and oxygen atoms in total. The van der Waals surface area contributed by atoms with Gasteiger partial charge in [-0.05, 0) is 46.5 Å². The van der Waals surface area contributed by atoms with E-state index in [4.69, 9.17) is 5.73 Å². The highest BCUT2D eigenvalue weighted by Crippen LogP contribution is 2.31. The smallest absolute Gasteiger partial charge is 0.139 e. The van der Waals surface area contributed by atoms with Crippen molar-refractivity contribution in [3.63, 3.8) is 0 Å². The van der Waals surface area contributed by atoms with Crippen LogP contribution >= 0.6 is 15.9 Å². The van der Waals surface area contributed by atoms with Crippen LogP contribution in [0.5, 0.6) is 0 Å². The summed E-state index contributed by atoms with van der Waals surface area (Å²) >= 11 is 3.53. The minimum atomic E-state index is 0.257. The van der Waals surface area contributed by atoms with Gasteiger partial charge in [0.1, 0.15) is 18.0 Å². The minimum absolute atomic E-state index is 0.257. The largest absolute Gasteiger partial charge is 0.383 e. The normalized spacial score (nSPS) is 10.8. The molecule has 0 atom stereocenters. The molecule has 0 aliphatic heterocycles. The van der Waals surface area contributed by atoms with Gasteiger partial charge in [-0.25, -0.2) is 9.97 Å². The maximum Gasteiger partial charge on any atom is 0.139 e. The highest BCUT2D eigenvalue weighted by molar-refractivity contribution is 9.10. The average molecular weight is 321 g/mol. The van der Waals surface area contributed by atoms with E-state index in [0.717, 1.165) is 21.5 Å². The van der Waals surface area contributed by atoms with Gasteiger partial charge in [-0.1, -0.05) is 19.9 Å². The zero-order valence-electron chi connectivity index (χ0n) is 11.2. The van der Waals surface area contributed by atoms with Crippen LogP contribution in [0.3, 0.4) is 0 Å². The quantitative estimate of drug-likeness (QED) is 0.897. The lowest BCUT2D eigenvalue weighted by Crippen LogP contribution is -2.06. The number of nitrogens with two attached hydrogens (primary N) is 1. The fraction of sp³-hybridized carbons (Fsp3) is 0.286. The second kappa shape index (κ2) is 5.57. The van der Waals surface area contributed by atoms with E-state index >= 15 is 0 Å². The number of hydrogen-bond donors (Lipinski definition) is 2. The molecule has 0 unspecified atom stereocenters. The van der Waals surface area contributed by atoms with Gasteiger partial charge in [-0.3, -0.25) is 0 Å². The number of nitrogens with zero attached hydrogens (tertiary/aromatic N) is 2. The standard InChI is InChI=1S/C14H17BrN4/c1-8(2)12-13(16)17-7-18-14(12)19-11-6-9(3)4-5-10(11)15/h4-8H,1-3H3,(H3,16,17,18,19). The van der Waals surface area contributed by atoms with Crippen molar-refractivity contribution < 1.29 is 0 Å². The van der Waals surface area contributed by atoms with Crippen molar-refractivity contribution in [3.8, 4) is 0 Å². The molecule has 0 radical (unpaired) electrons. The lowest BCUT2D eigenvalue weighted by atomic mass is 10.0. The second-order valence-electron chi connectivity index (χ2n) is 4.78. The first-order chi connectivity index (χ1) is 8.99. The van der Waals surface area contributed by atoms with Gasteiger partial charge in [0.2, 0.25) is 0 Å². The zero-order valence-corrected chi connectivity index (χ0v) is 12.8. The Morgan fingerprint density at radius 3 is 2.68 bits per heavy atom. The van der Waals surface area contributed by atoms with Crippen LogP contribution in [0.2, 0.25) is 0 Å². The lowest BCUT2D eigenvalue weighted by molar-refractivity contribution is 0.855. The molecule has 1 aromatic carbocycles. The summed E-state index contributed by atoms with van der Waals surface area (Å²) in [4.78, 5) is 8.36. The van der Waals surface area contributed by atoms with Crippen LogP contribution in [-0.2, 0) is 0 Å². The zero-order chi connectivity index (χ0) is 14.0. The molecule has 0 saturated heterocycles. The Morgan fingerprint density at radius 1 is 1.26 bits per heavy atom. The molecule has 2 rings (SSSR count). The van der Waals surface area contributed by atoms with E-state index in [-0.39, 0.29) is 5.92 Å². The summed E-state index contributed by atoms with van der Waals surface area (Å²) in [6.07, 6.45) is 1.48. The molecule has 2 aromatic rings. The van der Waals surface area contributed by atoms with Crippen molar-refractivity contribution in [2.24, 2.45) is 0 Å². The lowest BCUT2D eigenvalue weighted by Gasteiger charge is -2.16. The van der Waals surface area contributed by atoms with Crippen LogP contribution < -0.4 is 11.1 Å². The van der Waals surface area contributed by atoms with E-state index in [1.807, 2.05) is 12.1 Å². The third kappa shape index (κ3) is 3.04. The first-order valence-corrected chi connectivity index (χ1v) is 6.92. The third-order valence-electron chi connectivity index (χ3n) is 2.87. The number of halogens is 1. The highest BCUT2D eigenvalue weighted by atomic mass is 79.9. The summed E-state index contributed by atoms with van der Waals surface area (Å²) in [7, 11) is 0. The van der Waals surface area contributed by atoms with Crippen molar-refractivity contribution >= 4 is 33.3 Å². The van der Waals surface area contributed by atoms with E-state index in [9.17, 15) is 0 Å². The van der Waals surface area contributed by atoms with Crippen LogP contribution in [0.4, 0.5) is 17.3 Å². The molecule has 5 heteroatoms. The van der Waals surface area contributed by atoms with Crippen molar-refractivity contribution in [2.45, 2.75) is 26.7 Å². The van der Waals surface area contributed by atoms with Crippen LogP contribution in [-0.4, -0.2) is 9.97 Å². The predicted octanol–water partition coefficient (Wildman–Crippen LogP) is 4.00. The van der Waals surface area contributed by atoms with E-state index < -0.39 is 0 Å². The molecule has 100 valence electrons. The second-order valence-corrected chi connectivity index (χ2v) is 5.64. The highest BCUT2D eigenvalue weighted by Gasteiger charge is 2.13. The van der Waals surface area contributed by atoms with Crippen molar-refractivity contribution in [1.82, 2.24) is 9.97 Å². The fourth-order valence-corrected chi connectivity index (χ4v) is 2.29. The van der Waals surface area contributed by atoms with E-state index in [1.165, 1.54) is 11.9 Å². The summed E-state index contributed by atoms with van der Waals surface area (Å²) in [5, 5.41) is 3.33. The Balaban J connectivity index is 2.44. The Bertz CT molecular complexity index is 596. The summed E-state index contributed by atoms with van der Waals surface area (Å²) in [6, 6.07) is 6.12. The van der Waals surface area contributed by atoms with Crippen molar-refractivity contribution in [3.05, 3.63) is 40.1 Å². The molecule has 0 spiro atoms. The van der Waals surface area contributed by atoms with Crippen molar-refractivity contribution in [1.29, 1.82) is 0 Å². The number of nitrogens with one attached hydrogen (secondary N) is 1. The SMILES string of the molecule is Cc1ccc(Br)c(Nc2ncnc(N)c2C(C)C)c1. The predicted molar refractivity (Wildman–Crippen MR) is 82.7 cm³/mol. The van der Waals surface area contributed by atoms with Gasteiger partial charge in [-0.15, -0.1) is 0 Å². The molecule has 1 heterocycles. The number of anilines is 3. The monoisotopic (exact) mass is 320 g/mol. The van der Waals surface area contributed by atoms with Crippen LogP contribution in [0.1, 0.15) is 30.9 Å². The molecule has 0 bridgehead atoms. The number of aromatic nitrogens is 2. The number of benzene rings is 1. The van der Waals surface area contributed by atoms with Crippen LogP contribution in [0, 0.1) is 6.92 Å². The molecule has 0 amide bonds. The molecule has 1 aromatic heterocycles. The maximum atomic E-state index is 5.94. The average Bonchev–Trinajstić information content (AvgIpc) is 2.33. The molecular weight excluding hydrogens is 304 g/mol. The van der Waals surface area contributed by atoms with Gasteiger partial charge >= 0.3 is 0 Å². The Labute approximate surface area is 121 Å². The molecule has 0 aliphatic carbocycles. The molecule has 0 aliphatic rings. The van der Waals surface area contributed by atoms with Gasteiger partial charge < -0.3 is 11.1 Å². The maximum absolute atomic E-state index is 5.94. The number of rotatable bonds is 3. The summed E-state index contributed by atoms with van der Waals surface area (Å²) in [6.45, 7) is 6.20. The first kappa shape index (κ1) is 13.8. The number of aryl methyl sites for hydroxylation is 1. The molecular formula is C14H17BrN4. The van der Waals surface area contributed by atoms with Gasteiger partial charge in [-0.2, -0.15) is 0 Å². The van der Waals surface area contributed by atoms with Crippen molar-refractivity contribution in [2.75, 3.05) is 11.1 Å². The van der Waals surface area contributed by atoms with Crippen LogP contribution in [0.15, 0.2) is 29.0 Å². The topological polar surface area (TPSA) is 63.8 Å². The molecule has 0 fully saturated rings. The summed E-state index contributed by atoms with van der Waals surface area (Å²) in [5.41, 5.74) is 9.03. The Hall–Kier alpha value is -1.62. The van der Waals surface area contributed by atoms with E-state index in [2.05, 4.69) is 58.1 Å². The summed E-state index contributed by atoms with van der Waals surface area (Å²) < 4.78 is 0.991. The third-order valence-corrected chi connectivity index (χ3v) is 3.56. The molecule has 3 N–H and O–H groups in total. The first-order valence-electron chi connectivity index (χ1n) is 6.12. The Morgan fingerprint density at radius 2 is 2.00 bits per heavy atom. The van der Waals surface area contributed by atoms with E-state index in [1.54, 1.807) is 0 Å². The number of nitrogen functional groups attached to an aromatic ring is 1. The molecule has 0 saturated carbocycles. The Kier molecular flexibility index (Phi) is 4.04. The fourth-order valence-electron chi connectivity index (χ4n) is 1.94. The number of hydrogen-bond acceptors (Lipinski definition) is 4. The van der Waals surface area contributed by atoms with Gasteiger partial charge in [0.15, 0.2) is 0 Å². The van der Waals surface area contributed by atoms with Crippen LogP contribution in [0.25, 0.3) is 0 Å². The summed E-state index contributed by atoms with van der Waals surface area (Å²) in [5.74, 6) is 1.54. The van der Waals surface area contributed by atoms with Gasteiger partial charge in [0, 0.05) is 10.0 Å². The minimum Gasteiger partial charge on any atom is -0.383 e.